The number of hydrogen-bond donors (Lipinski definition) is 0. The van der Waals surface area contributed by atoms with Crippen LogP contribution in [0.1, 0.15) is 44.9 Å². The molecule has 0 aromatic heterocycles. The molecule has 0 nitrogen and oxygen atoms in total. The van der Waals surface area contributed by atoms with Gasteiger partial charge in [0.15, 0.2) is 0 Å². The van der Waals surface area contributed by atoms with Crippen LogP contribution in [-0.2, 0) is 0 Å². The molecule has 0 heterocycles. The first-order valence-electron chi connectivity index (χ1n) is 5.37. The van der Waals surface area contributed by atoms with Gasteiger partial charge in [0.25, 0.3) is 0 Å². The first kappa shape index (κ1) is 6.23. The Morgan fingerprint density at radius 3 is 1.92 bits per heavy atom. The minimum Gasteiger partial charge on any atom is -0.0636 e. The van der Waals surface area contributed by atoms with Crippen LogP contribution in [0.4, 0.5) is 0 Å². The van der Waals surface area contributed by atoms with Crippen molar-refractivity contribution >= 4 is 0 Å². The van der Waals surface area contributed by atoms with Crippen molar-refractivity contribution in [2.24, 2.45) is 10.8 Å². The summed E-state index contributed by atoms with van der Waals surface area (Å²) in [7, 11) is 0. The molecule has 2 atom stereocenters. The summed E-state index contributed by atoms with van der Waals surface area (Å²) >= 11 is 0. The van der Waals surface area contributed by atoms with Crippen LogP contribution in [0.25, 0.3) is 0 Å². The van der Waals surface area contributed by atoms with Crippen LogP contribution in [-0.4, -0.2) is 0 Å². The Bertz CT molecular complexity index is 261. The van der Waals surface area contributed by atoms with E-state index in [1.54, 1.807) is 0 Å². The zero-order chi connectivity index (χ0) is 7.81. The lowest BCUT2D eigenvalue weighted by Gasteiger charge is -2.46. The van der Waals surface area contributed by atoms with Crippen LogP contribution in [0.5, 0.6) is 0 Å². The van der Waals surface area contributed by atoms with Crippen molar-refractivity contribution < 1.29 is 0 Å². The Labute approximate surface area is 74.0 Å². The van der Waals surface area contributed by atoms with Gasteiger partial charge in [-0.05, 0) is 44.9 Å². The average Bonchev–Trinajstić information content (AvgIpc) is 2.52. The van der Waals surface area contributed by atoms with Crippen LogP contribution in [0, 0.1) is 17.3 Å². The van der Waals surface area contributed by atoms with E-state index in [0.717, 1.165) is 0 Å². The third-order valence-electron chi connectivity index (χ3n) is 4.66. The molecule has 0 aromatic rings. The van der Waals surface area contributed by atoms with Crippen LogP contribution < -0.4 is 0 Å². The molecule has 3 saturated carbocycles. The van der Waals surface area contributed by atoms with Gasteiger partial charge in [0.05, 0.1) is 0 Å². The summed E-state index contributed by atoms with van der Waals surface area (Å²) in [5.41, 5.74) is 4.85. The summed E-state index contributed by atoms with van der Waals surface area (Å²) in [4.78, 5) is 0. The highest BCUT2D eigenvalue weighted by Crippen LogP contribution is 2.78. The van der Waals surface area contributed by atoms with Gasteiger partial charge >= 0.3 is 0 Å². The normalized spacial score (nSPS) is 54.0. The molecule has 0 saturated heterocycles. The first-order valence-corrected chi connectivity index (χ1v) is 5.37. The minimum absolute atomic E-state index is 0.565. The molecule has 0 aromatic carbocycles. The monoisotopic (exact) mass is 158 g/mol. The maximum Gasteiger partial charge on any atom is 0.00496 e. The molecule has 0 aliphatic heterocycles. The lowest BCUT2D eigenvalue weighted by atomic mass is 9.56. The summed E-state index contributed by atoms with van der Waals surface area (Å²) in [5, 5.41) is 0. The van der Waals surface area contributed by atoms with Gasteiger partial charge in [-0.25, -0.2) is 0 Å². The molecule has 5 aliphatic rings. The smallest absolute Gasteiger partial charge is 0.00496 e. The minimum atomic E-state index is 0.565. The summed E-state index contributed by atoms with van der Waals surface area (Å²) in [6, 6.07) is 0. The van der Waals surface area contributed by atoms with Crippen LogP contribution in [0.15, 0.2) is 11.1 Å². The van der Waals surface area contributed by atoms with Crippen molar-refractivity contribution in [1.82, 2.24) is 0 Å². The van der Waals surface area contributed by atoms with Crippen LogP contribution >= 0.6 is 0 Å². The molecule has 5 rings (SSSR count). The molecule has 2 radical (unpaired) electrons. The quantitative estimate of drug-likeness (QED) is 0.475. The van der Waals surface area contributed by atoms with Gasteiger partial charge in [-0.1, -0.05) is 11.1 Å². The van der Waals surface area contributed by atoms with Gasteiger partial charge in [0, 0.05) is 17.3 Å². The topological polar surface area (TPSA) is 0 Å². The molecule has 0 amide bonds. The SMILES string of the molecule is [C]1C23CCCC2=C2CCCC12C3. The molecule has 2 bridgehead atoms. The van der Waals surface area contributed by atoms with E-state index in [1.807, 2.05) is 11.1 Å². The maximum absolute atomic E-state index is 3.89. The van der Waals surface area contributed by atoms with E-state index >= 15 is 0 Å². The Morgan fingerprint density at radius 1 is 0.917 bits per heavy atom. The lowest BCUT2D eigenvalue weighted by Crippen LogP contribution is -2.38. The molecule has 0 N–H and O–H groups in total. The van der Waals surface area contributed by atoms with Crippen molar-refractivity contribution in [1.29, 1.82) is 0 Å². The number of hydrogen-bond acceptors (Lipinski definition) is 0. The van der Waals surface area contributed by atoms with Crippen molar-refractivity contribution in [3.8, 4) is 0 Å². The van der Waals surface area contributed by atoms with Gasteiger partial charge in [-0.15, -0.1) is 0 Å². The fourth-order valence-corrected chi connectivity index (χ4v) is 4.41. The summed E-state index contributed by atoms with van der Waals surface area (Å²) < 4.78 is 0. The first-order chi connectivity index (χ1) is 5.85. The second kappa shape index (κ2) is 1.54. The molecule has 12 heavy (non-hydrogen) atoms. The van der Waals surface area contributed by atoms with Gasteiger partial charge in [-0.3, -0.25) is 0 Å². The largest absolute Gasteiger partial charge is 0.0636 e. The predicted molar refractivity (Wildman–Crippen MR) is 47.5 cm³/mol. The number of allylic oxidation sites excluding steroid dienone is 2. The van der Waals surface area contributed by atoms with Crippen molar-refractivity contribution in [3.63, 3.8) is 0 Å². The fourth-order valence-electron chi connectivity index (χ4n) is 4.41. The van der Waals surface area contributed by atoms with E-state index < -0.39 is 0 Å². The van der Waals surface area contributed by atoms with E-state index in [0.29, 0.717) is 10.8 Å². The fraction of sp³-hybridized carbons (Fsp3) is 0.750. The summed E-state index contributed by atoms with van der Waals surface area (Å²) in [6.07, 6.45) is 14.0. The molecule has 2 spiro atoms. The van der Waals surface area contributed by atoms with E-state index in [4.69, 9.17) is 0 Å². The van der Waals surface area contributed by atoms with E-state index in [2.05, 4.69) is 6.42 Å². The molecular weight excluding hydrogens is 144 g/mol. The molecule has 0 heteroatoms. The highest BCUT2D eigenvalue weighted by molar-refractivity contribution is 5.53. The molecule has 2 unspecified atom stereocenters. The highest BCUT2D eigenvalue weighted by Gasteiger charge is 2.67. The Morgan fingerprint density at radius 2 is 1.42 bits per heavy atom. The lowest BCUT2D eigenvalue weighted by molar-refractivity contribution is 0.163. The van der Waals surface area contributed by atoms with Crippen molar-refractivity contribution in [2.75, 3.05) is 0 Å². The van der Waals surface area contributed by atoms with Crippen LogP contribution in [0.2, 0.25) is 0 Å². The standard InChI is InChI=1S/C12H14/c1-3-9-10-4-2-6-12(10)7-11(9,5-1)8-12/h1-7H2. The van der Waals surface area contributed by atoms with Crippen molar-refractivity contribution in [2.45, 2.75) is 44.9 Å². The van der Waals surface area contributed by atoms with Crippen molar-refractivity contribution in [3.05, 3.63) is 17.6 Å². The number of rotatable bonds is 0. The summed E-state index contributed by atoms with van der Waals surface area (Å²) in [5.74, 6) is 0. The van der Waals surface area contributed by atoms with Crippen LogP contribution in [0.3, 0.4) is 0 Å². The third kappa shape index (κ3) is 0.427. The molecular formula is C12H14. The molecule has 3 fully saturated rings. The van der Waals surface area contributed by atoms with Gasteiger partial charge in [0.2, 0.25) is 0 Å². The predicted octanol–water partition coefficient (Wildman–Crippen LogP) is 3.12. The highest BCUT2D eigenvalue weighted by atomic mass is 14.7. The Balaban J connectivity index is 1.96. The van der Waals surface area contributed by atoms with E-state index in [9.17, 15) is 0 Å². The zero-order valence-corrected chi connectivity index (χ0v) is 7.45. The third-order valence-corrected chi connectivity index (χ3v) is 4.66. The second-order valence-electron chi connectivity index (χ2n) is 5.13. The summed E-state index contributed by atoms with van der Waals surface area (Å²) in [6.45, 7) is 0. The van der Waals surface area contributed by atoms with Gasteiger partial charge in [-0.2, -0.15) is 0 Å². The molecule has 62 valence electrons. The van der Waals surface area contributed by atoms with Gasteiger partial charge < -0.3 is 0 Å². The van der Waals surface area contributed by atoms with E-state index in [-0.39, 0.29) is 0 Å². The average molecular weight is 158 g/mol. The zero-order valence-electron chi connectivity index (χ0n) is 7.45. The second-order valence-corrected chi connectivity index (χ2v) is 5.13. The van der Waals surface area contributed by atoms with E-state index in [1.165, 1.54) is 44.9 Å². The molecule has 5 aliphatic carbocycles. The Kier molecular flexibility index (Phi) is 0.799. The Hall–Kier alpha value is -0.260. The maximum atomic E-state index is 3.89. The van der Waals surface area contributed by atoms with Gasteiger partial charge in [0.1, 0.15) is 0 Å².